The highest BCUT2D eigenvalue weighted by molar-refractivity contribution is 7.92. The quantitative estimate of drug-likeness (QED) is 0.362. The van der Waals surface area contributed by atoms with Gasteiger partial charge in [-0.25, -0.2) is 8.42 Å². The maximum absolute atomic E-state index is 13.5. The van der Waals surface area contributed by atoms with E-state index in [1.807, 2.05) is 52.0 Å². The molecule has 1 N–H and O–H groups in total. The molecular formula is C28H38F3N3O4S. The number of hydrogen-bond donors (Lipinski definition) is 1. The van der Waals surface area contributed by atoms with Crippen LogP contribution in [-0.2, 0) is 32.3 Å². The van der Waals surface area contributed by atoms with Crippen molar-refractivity contribution in [2.24, 2.45) is 5.92 Å². The highest BCUT2D eigenvalue weighted by atomic mass is 32.2. The molecule has 1 unspecified atom stereocenters. The van der Waals surface area contributed by atoms with Gasteiger partial charge in [0, 0.05) is 26.1 Å². The maximum atomic E-state index is 13.5. The van der Waals surface area contributed by atoms with Gasteiger partial charge < -0.3 is 10.2 Å². The minimum Gasteiger partial charge on any atom is -0.354 e. The number of nitrogens with one attached hydrogen (secondary N) is 1. The molecule has 0 aliphatic rings. The van der Waals surface area contributed by atoms with Gasteiger partial charge in [-0.3, -0.25) is 13.9 Å². The number of alkyl halides is 3. The van der Waals surface area contributed by atoms with Crippen molar-refractivity contribution >= 4 is 27.5 Å². The molecule has 0 saturated heterocycles. The third-order valence-electron chi connectivity index (χ3n) is 6.12. The number of amides is 2. The van der Waals surface area contributed by atoms with E-state index in [0.29, 0.717) is 13.0 Å². The Balaban J connectivity index is 2.25. The minimum absolute atomic E-state index is 0.0521. The Kier molecular flexibility index (Phi) is 11.4. The van der Waals surface area contributed by atoms with E-state index in [-0.39, 0.29) is 49.4 Å². The van der Waals surface area contributed by atoms with Gasteiger partial charge in [0.05, 0.1) is 17.5 Å². The van der Waals surface area contributed by atoms with Gasteiger partial charge in [-0.15, -0.1) is 0 Å². The zero-order valence-corrected chi connectivity index (χ0v) is 23.9. The number of anilines is 1. The molecule has 7 nitrogen and oxygen atoms in total. The van der Waals surface area contributed by atoms with E-state index in [2.05, 4.69) is 5.32 Å². The van der Waals surface area contributed by atoms with Crippen molar-refractivity contribution in [1.29, 1.82) is 0 Å². The van der Waals surface area contributed by atoms with Crippen LogP contribution in [0.15, 0.2) is 48.5 Å². The average Bonchev–Trinajstić information content (AvgIpc) is 2.84. The second kappa shape index (κ2) is 13.8. The van der Waals surface area contributed by atoms with Gasteiger partial charge in [0.1, 0.15) is 6.04 Å². The van der Waals surface area contributed by atoms with E-state index in [4.69, 9.17) is 0 Å². The van der Waals surface area contributed by atoms with E-state index in [1.54, 1.807) is 0 Å². The normalized spacial score (nSPS) is 12.7. The zero-order chi connectivity index (χ0) is 29.4. The number of carbonyl (C=O) groups excluding carboxylic acids is 2. The summed E-state index contributed by atoms with van der Waals surface area (Å²) in [5.41, 5.74) is 0.755. The van der Waals surface area contributed by atoms with E-state index < -0.39 is 27.8 Å². The highest BCUT2D eigenvalue weighted by Crippen LogP contribution is 2.32. The third kappa shape index (κ3) is 9.87. The summed E-state index contributed by atoms with van der Waals surface area (Å²) in [5.74, 6) is -0.389. The van der Waals surface area contributed by atoms with Crippen LogP contribution in [0.2, 0.25) is 0 Å². The van der Waals surface area contributed by atoms with Crippen LogP contribution in [0.1, 0.15) is 56.7 Å². The van der Waals surface area contributed by atoms with E-state index in [9.17, 15) is 31.2 Å². The Hall–Kier alpha value is -3.08. The summed E-state index contributed by atoms with van der Waals surface area (Å²) in [7, 11) is -3.92. The number of sulfonamides is 1. The maximum Gasteiger partial charge on any atom is 0.416 e. The Bertz CT molecular complexity index is 1230. The molecule has 0 heterocycles. The molecule has 0 aliphatic carbocycles. The number of halogens is 3. The monoisotopic (exact) mass is 569 g/mol. The first kappa shape index (κ1) is 32.1. The van der Waals surface area contributed by atoms with Gasteiger partial charge in [0.25, 0.3) is 0 Å². The van der Waals surface area contributed by atoms with Crippen LogP contribution in [0.25, 0.3) is 0 Å². The summed E-state index contributed by atoms with van der Waals surface area (Å²) in [5, 5.41) is 2.89. The summed E-state index contributed by atoms with van der Waals surface area (Å²) in [6.45, 7) is 8.13. The molecule has 1 atom stereocenters. The van der Waals surface area contributed by atoms with Gasteiger partial charge in [-0.2, -0.15) is 13.2 Å². The van der Waals surface area contributed by atoms with Crippen molar-refractivity contribution in [2.45, 2.75) is 65.7 Å². The number of benzene rings is 2. The van der Waals surface area contributed by atoms with Gasteiger partial charge >= 0.3 is 6.18 Å². The molecule has 2 rings (SSSR count). The van der Waals surface area contributed by atoms with Crippen molar-refractivity contribution in [2.75, 3.05) is 23.7 Å². The summed E-state index contributed by atoms with van der Waals surface area (Å²) < 4.78 is 65.4. The lowest BCUT2D eigenvalue weighted by Gasteiger charge is -2.31. The predicted molar refractivity (Wildman–Crippen MR) is 147 cm³/mol. The number of rotatable bonds is 13. The molecule has 0 fully saturated rings. The van der Waals surface area contributed by atoms with Gasteiger partial charge in [0.15, 0.2) is 0 Å². The Morgan fingerprint density at radius 2 is 1.72 bits per heavy atom. The molecule has 0 spiro atoms. The van der Waals surface area contributed by atoms with Crippen LogP contribution in [0.5, 0.6) is 0 Å². The lowest BCUT2D eigenvalue weighted by atomic mass is 10.1. The SMILES string of the molecule is CCC(C(=O)NCC(C)C)N(Cc1cccc(C)c1)C(=O)CCCN(c1cccc(C(F)(F)F)c1)S(C)(=O)=O. The Morgan fingerprint density at radius 3 is 2.28 bits per heavy atom. The van der Waals surface area contributed by atoms with Crippen LogP contribution >= 0.6 is 0 Å². The van der Waals surface area contributed by atoms with Crippen molar-refractivity contribution in [3.05, 3.63) is 65.2 Å². The molecule has 0 aliphatic heterocycles. The molecule has 2 aromatic rings. The molecule has 0 saturated carbocycles. The van der Waals surface area contributed by atoms with Crippen molar-refractivity contribution in [1.82, 2.24) is 10.2 Å². The topological polar surface area (TPSA) is 86.8 Å². The average molecular weight is 570 g/mol. The minimum atomic E-state index is -4.63. The number of nitrogens with zero attached hydrogens (tertiary/aromatic N) is 2. The first-order chi connectivity index (χ1) is 18.1. The second-order valence-electron chi connectivity index (χ2n) is 10.1. The molecule has 216 valence electrons. The Morgan fingerprint density at radius 1 is 1.05 bits per heavy atom. The number of aryl methyl sites for hydroxylation is 1. The molecule has 0 radical (unpaired) electrons. The molecular weight excluding hydrogens is 531 g/mol. The summed E-state index contributed by atoms with van der Waals surface area (Å²) in [6, 6.07) is 10.9. The first-order valence-corrected chi connectivity index (χ1v) is 14.8. The van der Waals surface area contributed by atoms with E-state index in [0.717, 1.165) is 39.9 Å². The van der Waals surface area contributed by atoms with Crippen LogP contribution in [0.4, 0.5) is 18.9 Å². The highest BCUT2D eigenvalue weighted by Gasteiger charge is 2.32. The van der Waals surface area contributed by atoms with Crippen LogP contribution in [-0.4, -0.2) is 50.5 Å². The second-order valence-corrected chi connectivity index (χ2v) is 12.0. The standard InChI is InChI=1S/C28H38F3N3O4S/c1-6-25(27(36)32-18-20(2)3)33(19-22-11-7-10-21(4)16-22)26(35)14-9-15-34(39(5,37)38)24-13-8-12-23(17-24)28(29,30)31/h7-8,10-13,16-17,20,25H,6,9,14-15,18-19H2,1-5H3,(H,32,36). The summed E-state index contributed by atoms with van der Waals surface area (Å²) in [6.07, 6.45) is -3.38. The third-order valence-corrected chi connectivity index (χ3v) is 7.31. The van der Waals surface area contributed by atoms with Gasteiger partial charge in [-0.1, -0.05) is 56.7 Å². The molecule has 0 aromatic heterocycles. The fraction of sp³-hybridized carbons (Fsp3) is 0.500. The smallest absolute Gasteiger partial charge is 0.354 e. The van der Waals surface area contributed by atoms with Crippen molar-refractivity contribution < 1.29 is 31.2 Å². The van der Waals surface area contributed by atoms with Gasteiger partial charge in [0.2, 0.25) is 21.8 Å². The van der Waals surface area contributed by atoms with E-state index >= 15 is 0 Å². The molecule has 39 heavy (non-hydrogen) atoms. The fourth-order valence-electron chi connectivity index (χ4n) is 4.19. The van der Waals surface area contributed by atoms with Crippen LogP contribution in [0.3, 0.4) is 0 Å². The first-order valence-electron chi connectivity index (χ1n) is 12.9. The number of carbonyl (C=O) groups is 2. The number of hydrogen-bond acceptors (Lipinski definition) is 4. The molecule has 11 heteroatoms. The molecule has 2 amide bonds. The van der Waals surface area contributed by atoms with Crippen molar-refractivity contribution in [3.8, 4) is 0 Å². The fourth-order valence-corrected chi connectivity index (χ4v) is 5.15. The Labute approximate surface area is 229 Å². The largest absolute Gasteiger partial charge is 0.416 e. The van der Waals surface area contributed by atoms with Gasteiger partial charge in [-0.05, 0) is 49.4 Å². The van der Waals surface area contributed by atoms with Crippen LogP contribution < -0.4 is 9.62 Å². The summed E-state index contributed by atoms with van der Waals surface area (Å²) >= 11 is 0. The van der Waals surface area contributed by atoms with Crippen molar-refractivity contribution in [3.63, 3.8) is 0 Å². The summed E-state index contributed by atoms with van der Waals surface area (Å²) in [4.78, 5) is 28.0. The molecule has 0 bridgehead atoms. The van der Waals surface area contributed by atoms with E-state index in [1.165, 1.54) is 11.0 Å². The molecule has 2 aromatic carbocycles. The lowest BCUT2D eigenvalue weighted by Crippen LogP contribution is -2.49. The lowest BCUT2D eigenvalue weighted by molar-refractivity contribution is -0.141. The predicted octanol–water partition coefficient (Wildman–Crippen LogP) is 5.14. The van der Waals surface area contributed by atoms with Crippen LogP contribution in [0, 0.1) is 12.8 Å². The zero-order valence-electron chi connectivity index (χ0n) is 23.1.